The van der Waals surface area contributed by atoms with Gasteiger partial charge < -0.3 is 10.2 Å². The second-order valence-electron chi connectivity index (χ2n) is 5.61. The maximum absolute atomic E-state index is 10.8. The van der Waals surface area contributed by atoms with E-state index in [0.29, 0.717) is 11.8 Å². The summed E-state index contributed by atoms with van der Waals surface area (Å²) in [6.45, 7) is 8.47. The Balaban J connectivity index is 0. The fraction of sp³-hybridized carbons (Fsp3) is 0.368. The van der Waals surface area contributed by atoms with Gasteiger partial charge in [-0.05, 0) is 29.4 Å². The molecular weight excluding hydrogens is 306 g/mol. The van der Waals surface area contributed by atoms with E-state index in [-0.39, 0.29) is 70.6 Å². The van der Waals surface area contributed by atoms with Crippen molar-refractivity contribution in [3.8, 4) is 11.5 Å². The number of rotatable bonds is 3. The van der Waals surface area contributed by atoms with Gasteiger partial charge in [0.25, 0.3) is 0 Å². The summed E-state index contributed by atoms with van der Waals surface area (Å²) < 4.78 is 0. The molecule has 114 valence electrons. The Morgan fingerprint density at radius 3 is 1.74 bits per heavy atom. The van der Waals surface area contributed by atoms with Gasteiger partial charge in [-0.3, -0.25) is 0 Å². The van der Waals surface area contributed by atoms with E-state index in [4.69, 9.17) is 0 Å². The van der Waals surface area contributed by atoms with Gasteiger partial charge in [0.2, 0.25) is 0 Å². The molecule has 2 aromatic carbocycles. The van der Waals surface area contributed by atoms with E-state index < -0.39 is 0 Å². The molecule has 0 spiro atoms. The molecule has 0 aliphatic carbocycles. The molecule has 0 fully saturated rings. The first-order valence-corrected chi connectivity index (χ1v) is 7.48. The minimum Gasteiger partial charge on any atom is -0.872 e. The fourth-order valence-corrected chi connectivity index (χ4v) is 1.91. The predicted octanol–water partition coefficient (Wildman–Crippen LogP) is -1.83. The van der Waals surface area contributed by atoms with Crippen molar-refractivity contribution in [2.24, 2.45) is 0 Å². The van der Waals surface area contributed by atoms with Crippen LogP contribution in [0.4, 0.5) is 0 Å². The van der Waals surface area contributed by atoms with Crippen LogP contribution in [0.1, 0.15) is 57.1 Å². The third-order valence-electron chi connectivity index (χ3n) is 3.59. The summed E-state index contributed by atoms with van der Waals surface area (Å²) in [4.78, 5) is 0. The normalized spacial score (nSPS) is 10.7. The van der Waals surface area contributed by atoms with Gasteiger partial charge in [0.1, 0.15) is 0 Å². The van der Waals surface area contributed by atoms with Gasteiger partial charge in [0.15, 0.2) is 0 Å². The summed E-state index contributed by atoms with van der Waals surface area (Å²) in [7, 11) is 0. The van der Waals surface area contributed by atoms with Crippen LogP contribution >= 0.6 is 0 Å². The molecule has 0 N–H and O–H groups in total. The van der Waals surface area contributed by atoms with Crippen molar-refractivity contribution in [3.63, 3.8) is 0 Å². The molecule has 0 aromatic heterocycles. The third-order valence-corrected chi connectivity index (χ3v) is 3.59. The molecule has 23 heavy (non-hydrogen) atoms. The molecule has 0 aliphatic rings. The minimum atomic E-state index is 0. The second-order valence-corrected chi connectivity index (χ2v) is 5.61. The standard InChI is InChI=1S/C10H14O.C9H12O.2Na/c1-3-8(2)9-4-6-10(11)7-5-9;1-7(2)8-4-3-5-9(10)6-8;;/h4-8,11H,3H2,1-2H3;3-7,10H,1-2H3;;/q;;2*+1/p-2. The largest absolute Gasteiger partial charge is 1.00 e. The minimum absolute atomic E-state index is 0. The molecule has 1 atom stereocenters. The number of benzene rings is 2. The monoisotopic (exact) mass is 330 g/mol. The molecule has 0 heterocycles. The summed E-state index contributed by atoms with van der Waals surface area (Å²) in [6, 6.07) is 14.1. The molecule has 0 bridgehead atoms. The molecule has 4 heteroatoms. The number of hydrogen-bond donors (Lipinski definition) is 0. The smallest absolute Gasteiger partial charge is 0.872 e. The molecule has 0 saturated carbocycles. The van der Waals surface area contributed by atoms with Crippen LogP contribution in [0.25, 0.3) is 0 Å². The van der Waals surface area contributed by atoms with Crippen molar-refractivity contribution in [1.82, 2.24) is 0 Å². The topological polar surface area (TPSA) is 46.1 Å². The van der Waals surface area contributed by atoms with Gasteiger partial charge in [0, 0.05) is 0 Å². The van der Waals surface area contributed by atoms with Crippen LogP contribution in [0.2, 0.25) is 0 Å². The zero-order chi connectivity index (χ0) is 15.8. The summed E-state index contributed by atoms with van der Waals surface area (Å²) in [5.41, 5.74) is 2.37. The van der Waals surface area contributed by atoms with E-state index in [1.807, 2.05) is 18.2 Å². The van der Waals surface area contributed by atoms with Crippen LogP contribution in [0, 0.1) is 0 Å². The van der Waals surface area contributed by atoms with Crippen molar-refractivity contribution in [1.29, 1.82) is 0 Å². The Kier molecular flexibility index (Phi) is 14.7. The third kappa shape index (κ3) is 9.81. The number of hydrogen-bond acceptors (Lipinski definition) is 2. The molecule has 0 radical (unpaired) electrons. The van der Waals surface area contributed by atoms with Crippen LogP contribution in [-0.4, -0.2) is 0 Å². The van der Waals surface area contributed by atoms with Crippen LogP contribution < -0.4 is 69.3 Å². The summed E-state index contributed by atoms with van der Waals surface area (Å²) >= 11 is 0. The first kappa shape index (κ1) is 25.3. The average molecular weight is 330 g/mol. The second kappa shape index (κ2) is 13.3. The Hall–Kier alpha value is 0.0400. The summed E-state index contributed by atoms with van der Waals surface area (Å²) in [5, 5.41) is 21.5. The quantitative estimate of drug-likeness (QED) is 0.622. The van der Waals surface area contributed by atoms with E-state index in [9.17, 15) is 10.2 Å². The first-order chi connectivity index (χ1) is 9.93. The van der Waals surface area contributed by atoms with Gasteiger partial charge in [-0.1, -0.05) is 76.2 Å². The molecule has 1 unspecified atom stereocenters. The van der Waals surface area contributed by atoms with E-state index >= 15 is 0 Å². The van der Waals surface area contributed by atoms with Crippen molar-refractivity contribution in [2.75, 3.05) is 0 Å². The zero-order valence-electron chi connectivity index (χ0n) is 15.3. The van der Waals surface area contributed by atoms with Crippen LogP contribution in [0.15, 0.2) is 48.5 Å². The summed E-state index contributed by atoms with van der Waals surface area (Å²) in [6.07, 6.45) is 1.12. The van der Waals surface area contributed by atoms with Crippen LogP contribution in [0.5, 0.6) is 11.5 Å². The van der Waals surface area contributed by atoms with E-state index in [1.54, 1.807) is 30.3 Å². The van der Waals surface area contributed by atoms with E-state index in [2.05, 4.69) is 27.7 Å². The summed E-state index contributed by atoms with van der Waals surface area (Å²) in [5.74, 6) is 1.22. The van der Waals surface area contributed by atoms with Gasteiger partial charge >= 0.3 is 59.1 Å². The van der Waals surface area contributed by atoms with Gasteiger partial charge in [-0.25, -0.2) is 0 Å². The Labute approximate surface area is 184 Å². The average Bonchev–Trinajstić information content (AvgIpc) is 2.48. The molecule has 2 aromatic rings. The van der Waals surface area contributed by atoms with Gasteiger partial charge in [-0.2, -0.15) is 0 Å². The maximum Gasteiger partial charge on any atom is 1.00 e. The molecule has 0 amide bonds. The van der Waals surface area contributed by atoms with Crippen LogP contribution in [0.3, 0.4) is 0 Å². The Morgan fingerprint density at radius 2 is 1.35 bits per heavy atom. The van der Waals surface area contributed by atoms with Gasteiger partial charge in [-0.15, -0.1) is 11.5 Å². The maximum atomic E-state index is 10.8. The zero-order valence-corrected chi connectivity index (χ0v) is 19.3. The van der Waals surface area contributed by atoms with Crippen molar-refractivity contribution in [3.05, 3.63) is 59.7 Å². The molecule has 2 nitrogen and oxygen atoms in total. The van der Waals surface area contributed by atoms with E-state index in [0.717, 1.165) is 12.0 Å². The molecular formula is C19H24Na2O2. The van der Waals surface area contributed by atoms with E-state index in [1.165, 1.54) is 5.56 Å². The molecule has 0 aliphatic heterocycles. The van der Waals surface area contributed by atoms with Crippen LogP contribution in [-0.2, 0) is 0 Å². The Bertz CT molecular complexity index is 539. The predicted molar refractivity (Wildman–Crippen MR) is 84.6 cm³/mol. The van der Waals surface area contributed by atoms with Crippen molar-refractivity contribution < 1.29 is 69.3 Å². The fourth-order valence-electron chi connectivity index (χ4n) is 1.91. The van der Waals surface area contributed by atoms with Gasteiger partial charge in [0.05, 0.1) is 0 Å². The molecule has 0 saturated heterocycles. The SMILES string of the molecule is CC(C)c1cccc([O-])c1.CCC(C)c1ccc([O-])cc1.[Na+].[Na+]. The molecule has 2 rings (SSSR count). The first-order valence-electron chi connectivity index (χ1n) is 7.48. The van der Waals surface area contributed by atoms with Crippen molar-refractivity contribution >= 4 is 0 Å². The van der Waals surface area contributed by atoms with Crippen molar-refractivity contribution in [2.45, 2.75) is 46.0 Å². The Morgan fingerprint density at radius 1 is 0.783 bits per heavy atom.